The van der Waals surface area contributed by atoms with Crippen LogP contribution in [0.5, 0.6) is 23.4 Å². The molecule has 0 amide bonds. The highest BCUT2D eigenvalue weighted by Gasteiger charge is 2.25. The van der Waals surface area contributed by atoms with Crippen molar-refractivity contribution < 1.29 is 28.8 Å². The highest BCUT2D eigenvalue weighted by atomic mass is 16.5. The van der Waals surface area contributed by atoms with E-state index in [9.17, 15) is 9.90 Å². The maximum absolute atomic E-state index is 11.3. The molecular formula is C42H48N2O6. The standard InChI is InChI=1S/C24H28N2O4.C18H20O2/c1-15(11-17-9-7-6-8-10-17)18-12-16(2)21(28-3)13-19(18)22(27)20-14-25-24(30-5)26-23(20)29-4;1-13(9-15-7-5-4-6-8-15)17-10-14(2)18(20-3)11-16(17)12-19/h6-10,12-15,22,27H,11H2,1-5H3;4-8,10-13H,9H2,1-3H3. The topological polar surface area (TPSA) is 100 Å². The zero-order chi connectivity index (χ0) is 36.2. The summed E-state index contributed by atoms with van der Waals surface area (Å²) in [5.74, 6) is 2.22. The van der Waals surface area contributed by atoms with Crippen LogP contribution in [-0.4, -0.2) is 49.8 Å². The largest absolute Gasteiger partial charge is 0.496 e. The number of ether oxygens (including phenoxy) is 4. The first kappa shape index (κ1) is 37.6. The molecule has 8 nitrogen and oxygen atoms in total. The smallest absolute Gasteiger partial charge is 0.319 e. The molecule has 1 heterocycles. The van der Waals surface area contributed by atoms with Crippen LogP contribution < -0.4 is 18.9 Å². The molecule has 0 saturated carbocycles. The maximum Gasteiger partial charge on any atom is 0.319 e. The number of aliphatic hydroxyl groups excluding tert-OH is 1. The van der Waals surface area contributed by atoms with E-state index >= 15 is 0 Å². The number of hydrogen-bond acceptors (Lipinski definition) is 8. The SMILES string of the molecule is COc1cc(C=O)c(C(C)Cc2ccccc2)cc1C.COc1ncc(C(O)c2cc(OC)c(C)cc2C(C)Cc2ccccc2)c(OC)n1. The second-order valence-corrected chi connectivity index (χ2v) is 12.4. The summed E-state index contributed by atoms with van der Waals surface area (Å²) >= 11 is 0. The fourth-order valence-corrected chi connectivity index (χ4v) is 6.22. The predicted octanol–water partition coefficient (Wildman–Crippen LogP) is 8.40. The van der Waals surface area contributed by atoms with E-state index in [4.69, 9.17) is 18.9 Å². The minimum absolute atomic E-state index is 0.173. The molecule has 4 aromatic carbocycles. The quantitative estimate of drug-likeness (QED) is 0.124. The third-order valence-electron chi connectivity index (χ3n) is 8.88. The van der Waals surface area contributed by atoms with Gasteiger partial charge >= 0.3 is 6.01 Å². The number of benzene rings is 4. The van der Waals surface area contributed by atoms with Crippen molar-refractivity contribution in [2.45, 2.75) is 58.5 Å². The summed E-state index contributed by atoms with van der Waals surface area (Å²) in [6.45, 7) is 8.32. The van der Waals surface area contributed by atoms with Crippen molar-refractivity contribution in [1.82, 2.24) is 9.97 Å². The molecule has 5 aromatic rings. The van der Waals surface area contributed by atoms with Crippen LogP contribution in [0.15, 0.2) is 91.1 Å². The molecule has 1 aromatic heterocycles. The summed E-state index contributed by atoms with van der Waals surface area (Å²) in [4.78, 5) is 19.7. The summed E-state index contributed by atoms with van der Waals surface area (Å²) in [5, 5.41) is 11.3. The molecule has 0 aliphatic rings. The van der Waals surface area contributed by atoms with Gasteiger partial charge in [0.05, 0.1) is 34.0 Å². The molecule has 0 saturated heterocycles. The third-order valence-corrected chi connectivity index (χ3v) is 8.88. The Bertz CT molecular complexity index is 1850. The molecule has 1 N–H and O–H groups in total. The van der Waals surface area contributed by atoms with Crippen LogP contribution >= 0.6 is 0 Å². The molecule has 0 fully saturated rings. The lowest BCUT2D eigenvalue weighted by Gasteiger charge is -2.23. The van der Waals surface area contributed by atoms with Crippen LogP contribution in [0.2, 0.25) is 0 Å². The van der Waals surface area contributed by atoms with Crippen LogP contribution in [0.4, 0.5) is 0 Å². The van der Waals surface area contributed by atoms with Crippen LogP contribution in [0.1, 0.15) is 86.7 Å². The molecule has 0 aliphatic carbocycles. The van der Waals surface area contributed by atoms with Gasteiger partial charge in [0.25, 0.3) is 0 Å². The average Bonchev–Trinajstić information content (AvgIpc) is 3.15. The van der Waals surface area contributed by atoms with Crippen molar-refractivity contribution in [3.63, 3.8) is 0 Å². The van der Waals surface area contributed by atoms with E-state index in [0.29, 0.717) is 17.2 Å². The average molecular weight is 677 g/mol. The van der Waals surface area contributed by atoms with E-state index in [0.717, 1.165) is 58.3 Å². The van der Waals surface area contributed by atoms with Crippen molar-refractivity contribution >= 4 is 6.29 Å². The van der Waals surface area contributed by atoms with Gasteiger partial charge < -0.3 is 24.1 Å². The Balaban J connectivity index is 0.000000244. The second-order valence-electron chi connectivity index (χ2n) is 12.4. The Kier molecular flexibility index (Phi) is 13.5. The number of carbonyl (C=O) groups excluding carboxylic acids is 1. The molecule has 5 rings (SSSR count). The summed E-state index contributed by atoms with van der Waals surface area (Å²) < 4.78 is 21.3. The number of aromatic nitrogens is 2. The highest BCUT2D eigenvalue weighted by Crippen LogP contribution is 2.38. The summed E-state index contributed by atoms with van der Waals surface area (Å²) in [7, 11) is 6.25. The van der Waals surface area contributed by atoms with Crippen LogP contribution in [0, 0.1) is 13.8 Å². The normalized spacial score (nSPS) is 12.5. The Morgan fingerprint density at radius 3 is 1.68 bits per heavy atom. The molecule has 50 heavy (non-hydrogen) atoms. The van der Waals surface area contributed by atoms with Gasteiger partial charge in [-0.25, -0.2) is 4.98 Å². The zero-order valence-electron chi connectivity index (χ0n) is 30.3. The lowest BCUT2D eigenvalue weighted by Crippen LogP contribution is -2.11. The minimum Gasteiger partial charge on any atom is -0.496 e. The Hall–Kier alpha value is -5.21. The minimum atomic E-state index is -0.978. The van der Waals surface area contributed by atoms with E-state index in [1.54, 1.807) is 14.2 Å². The lowest BCUT2D eigenvalue weighted by molar-refractivity contribution is 0.112. The van der Waals surface area contributed by atoms with Crippen LogP contribution in [0.3, 0.4) is 0 Å². The van der Waals surface area contributed by atoms with Gasteiger partial charge in [0.1, 0.15) is 23.9 Å². The van der Waals surface area contributed by atoms with Crippen molar-refractivity contribution in [1.29, 1.82) is 0 Å². The van der Waals surface area contributed by atoms with Gasteiger partial charge in [-0.1, -0.05) is 86.6 Å². The molecule has 8 heteroatoms. The van der Waals surface area contributed by atoms with Crippen LogP contribution in [-0.2, 0) is 12.8 Å². The first-order valence-corrected chi connectivity index (χ1v) is 16.7. The molecule has 262 valence electrons. The summed E-state index contributed by atoms with van der Waals surface area (Å²) in [6.07, 6.45) is 3.25. The Labute approximate surface area is 296 Å². The second kappa shape index (κ2) is 18.0. The van der Waals surface area contributed by atoms with Gasteiger partial charge in [0, 0.05) is 11.8 Å². The van der Waals surface area contributed by atoms with Crippen molar-refractivity contribution in [2.75, 3.05) is 28.4 Å². The third kappa shape index (κ3) is 9.27. The fraction of sp³-hybridized carbons (Fsp3) is 0.310. The molecule has 3 atom stereocenters. The van der Waals surface area contributed by atoms with Gasteiger partial charge in [-0.15, -0.1) is 0 Å². The van der Waals surface area contributed by atoms with Gasteiger partial charge in [-0.3, -0.25) is 4.79 Å². The van der Waals surface area contributed by atoms with Gasteiger partial charge in [-0.2, -0.15) is 4.98 Å². The van der Waals surface area contributed by atoms with Crippen molar-refractivity contribution in [3.05, 3.63) is 141 Å². The zero-order valence-corrected chi connectivity index (χ0v) is 30.3. The molecule has 0 spiro atoms. The van der Waals surface area contributed by atoms with E-state index in [1.165, 1.54) is 31.5 Å². The van der Waals surface area contributed by atoms with Gasteiger partial charge in [-0.05, 0) is 89.6 Å². The number of aryl methyl sites for hydroxylation is 2. The van der Waals surface area contributed by atoms with E-state index in [1.807, 2.05) is 62.4 Å². The van der Waals surface area contributed by atoms with Crippen molar-refractivity contribution in [2.24, 2.45) is 0 Å². The molecular weight excluding hydrogens is 628 g/mol. The predicted molar refractivity (Wildman–Crippen MR) is 197 cm³/mol. The van der Waals surface area contributed by atoms with Gasteiger partial charge in [0.15, 0.2) is 0 Å². The number of methoxy groups -OCH3 is 4. The van der Waals surface area contributed by atoms with E-state index < -0.39 is 6.10 Å². The number of carbonyl (C=O) groups is 1. The monoisotopic (exact) mass is 676 g/mol. The van der Waals surface area contributed by atoms with Crippen molar-refractivity contribution in [3.8, 4) is 23.4 Å². The molecule has 0 aliphatic heterocycles. The van der Waals surface area contributed by atoms with Gasteiger partial charge in [0.2, 0.25) is 5.88 Å². The Morgan fingerprint density at radius 1 is 0.660 bits per heavy atom. The Morgan fingerprint density at radius 2 is 1.18 bits per heavy atom. The van der Waals surface area contributed by atoms with E-state index in [2.05, 4.69) is 60.2 Å². The summed E-state index contributed by atoms with van der Waals surface area (Å²) in [5.41, 5.74) is 8.66. The maximum atomic E-state index is 11.3. The number of aliphatic hydroxyl groups is 1. The number of rotatable bonds is 13. The highest BCUT2D eigenvalue weighted by molar-refractivity contribution is 5.79. The number of aldehydes is 1. The number of hydrogen-bond donors (Lipinski definition) is 1. The first-order valence-electron chi connectivity index (χ1n) is 16.7. The summed E-state index contributed by atoms with van der Waals surface area (Å²) in [6, 6.07) is 28.7. The molecule has 0 radical (unpaired) electrons. The molecule has 3 unspecified atom stereocenters. The first-order chi connectivity index (χ1) is 24.1. The lowest BCUT2D eigenvalue weighted by atomic mass is 9.86. The van der Waals surface area contributed by atoms with E-state index in [-0.39, 0.29) is 17.8 Å². The fourth-order valence-electron chi connectivity index (χ4n) is 6.22. The molecule has 0 bridgehead atoms. The van der Waals surface area contributed by atoms with Crippen LogP contribution in [0.25, 0.3) is 0 Å². The number of nitrogens with zero attached hydrogens (tertiary/aromatic N) is 2.